The van der Waals surface area contributed by atoms with E-state index < -0.39 is 16.1 Å². The van der Waals surface area contributed by atoms with Gasteiger partial charge in [0.1, 0.15) is 6.04 Å². The van der Waals surface area contributed by atoms with Gasteiger partial charge in [-0.3, -0.25) is 4.79 Å². The Hall–Kier alpha value is -3.61. The number of ether oxygens (including phenoxy) is 2. The van der Waals surface area contributed by atoms with Crippen LogP contribution in [0.15, 0.2) is 59.5 Å². The molecule has 3 aromatic rings. The van der Waals surface area contributed by atoms with Gasteiger partial charge in [0.25, 0.3) is 0 Å². The van der Waals surface area contributed by atoms with Gasteiger partial charge in [0, 0.05) is 13.1 Å². The molecule has 1 N–H and O–H groups in total. The molecule has 0 aromatic heterocycles. The Labute approximate surface area is 192 Å². The number of carbonyl (C=O) groups excluding carboxylic acids is 1. The van der Waals surface area contributed by atoms with Gasteiger partial charge in [0.05, 0.1) is 30.7 Å². The summed E-state index contributed by atoms with van der Waals surface area (Å²) in [7, 11) is -0.873. The largest absolute Gasteiger partial charge is 0.493 e. The first-order chi connectivity index (χ1) is 15.8. The number of carbonyl (C=O) groups is 1. The fourth-order valence-corrected chi connectivity index (χ4v) is 5.20. The maximum absolute atomic E-state index is 13.0. The van der Waals surface area contributed by atoms with Crippen molar-refractivity contribution in [2.45, 2.75) is 23.9 Å². The lowest BCUT2D eigenvalue weighted by Gasteiger charge is -2.17. The van der Waals surface area contributed by atoms with E-state index in [9.17, 15) is 13.2 Å². The predicted molar refractivity (Wildman–Crippen MR) is 122 cm³/mol. The van der Waals surface area contributed by atoms with Crippen molar-refractivity contribution in [1.29, 1.82) is 5.26 Å². The number of rotatable bonds is 7. The van der Waals surface area contributed by atoms with E-state index in [1.54, 1.807) is 47.4 Å². The van der Waals surface area contributed by atoms with Crippen LogP contribution in [0.5, 0.6) is 11.5 Å². The van der Waals surface area contributed by atoms with E-state index in [0.717, 1.165) is 10.9 Å². The second-order valence-corrected chi connectivity index (χ2v) is 9.46. The molecular weight excluding hydrogens is 442 g/mol. The van der Waals surface area contributed by atoms with E-state index in [-0.39, 0.29) is 10.8 Å². The average molecular weight is 466 g/mol. The number of fused-ring (bicyclic) bond motifs is 1. The van der Waals surface area contributed by atoms with Crippen LogP contribution in [0.4, 0.5) is 0 Å². The highest BCUT2D eigenvalue weighted by atomic mass is 32.2. The molecule has 0 spiro atoms. The molecule has 3 aromatic carbocycles. The van der Waals surface area contributed by atoms with Crippen molar-refractivity contribution < 1.29 is 22.7 Å². The number of amides is 1. The lowest BCUT2D eigenvalue weighted by atomic mass is 10.1. The summed E-state index contributed by atoms with van der Waals surface area (Å²) in [4.78, 5) is 14.5. The van der Waals surface area contributed by atoms with Crippen molar-refractivity contribution >= 4 is 26.7 Å². The molecule has 1 atom stereocenters. The second kappa shape index (κ2) is 9.10. The Balaban J connectivity index is 1.52. The van der Waals surface area contributed by atoms with Crippen LogP contribution in [0.2, 0.25) is 0 Å². The van der Waals surface area contributed by atoms with Crippen LogP contribution in [0, 0.1) is 11.3 Å². The molecule has 33 heavy (non-hydrogen) atoms. The summed E-state index contributed by atoms with van der Waals surface area (Å²) in [6.07, 6.45) is 0.370. The van der Waals surface area contributed by atoms with Crippen LogP contribution in [-0.4, -0.2) is 46.0 Å². The zero-order valence-corrected chi connectivity index (χ0v) is 19.1. The normalized spacial score (nSPS) is 16.1. The van der Waals surface area contributed by atoms with E-state index >= 15 is 0 Å². The number of likely N-dealkylation sites (tertiary alicyclic amines) is 1. The minimum Gasteiger partial charge on any atom is -0.493 e. The van der Waals surface area contributed by atoms with E-state index in [2.05, 4.69) is 10.8 Å². The number of nitriles is 1. The Morgan fingerprint density at radius 3 is 2.48 bits per heavy atom. The first kappa shape index (κ1) is 22.6. The Bertz CT molecular complexity index is 1360. The molecule has 0 radical (unpaired) electrons. The van der Waals surface area contributed by atoms with Crippen molar-refractivity contribution in [2.75, 3.05) is 20.8 Å². The van der Waals surface area contributed by atoms with Crippen molar-refractivity contribution in [1.82, 2.24) is 9.62 Å². The lowest BCUT2D eigenvalue weighted by Crippen LogP contribution is -2.41. The average Bonchev–Trinajstić information content (AvgIpc) is 3.15. The van der Waals surface area contributed by atoms with Gasteiger partial charge in [-0.1, -0.05) is 18.2 Å². The monoisotopic (exact) mass is 465 g/mol. The molecule has 0 bridgehead atoms. The van der Waals surface area contributed by atoms with Gasteiger partial charge in [0.2, 0.25) is 15.9 Å². The fraction of sp³-hybridized carbons (Fsp3) is 0.250. The van der Waals surface area contributed by atoms with Crippen molar-refractivity contribution in [3.8, 4) is 17.6 Å². The summed E-state index contributed by atoms with van der Waals surface area (Å²) in [6, 6.07) is 16.5. The topological polar surface area (TPSA) is 109 Å². The molecule has 4 rings (SSSR count). The van der Waals surface area contributed by atoms with E-state index in [1.807, 2.05) is 6.07 Å². The number of hydrogen-bond acceptors (Lipinski definition) is 6. The summed E-state index contributed by atoms with van der Waals surface area (Å²) in [6.45, 7) is 0.752. The van der Waals surface area contributed by atoms with Gasteiger partial charge in [-0.25, -0.2) is 8.42 Å². The standard InChI is InChI=1S/C24H23N3O5S/c1-31-22-12-18-6-7-20(11-19(18)13-23(22)32-2)33(29,30)26-21-8-9-27(24(21)28)15-17-5-3-4-16(10-17)14-25/h3-7,10-13,21,26H,8-9,15H2,1-2H3/t21-/m0/s1. The molecule has 1 aliphatic heterocycles. The van der Waals surface area contributed by atoms with Crippen molar-refractivity contribution in [3.05, 3.63) is 65.7 Å². The highest BCUT2D eigenvalue weighted by Gasteiger charge is 2.35. The third-order valence-electron chi connectivity index (χ3n) is 5.65. The van der Waals surface area contributed by atoms with Crippen molar-refractivity contribution in [3.63, 3.8) is 0 Å². The summed E-state index contributed by atoms with van der Waals surface area (Å²) in [5, 5.41) is 10.5. The minimum atomic E-state index is -3.92. The molecule has 1 amide bonds. The Morgan fingerprint density at radius 2 is 1.79 bits per heavy atom. The molecule has 0 unspecified atom stereocenters. The fourth-order valence-electron chi connectivity index (χ4n) is 3.94. The summed E-state index contributed by atoms with van der Waals surface area (Å²) in [5.41, 5.74) is 1.34. The Kier molecular flexibility index (Phi) is 6.22. The van der Waals surface area contributed by atoms with E-state index in [1.165, 1.54) is 20.3 Å². The number of benzene rings is 3. The highest BCUT2D eigenvalue weighted by molar-refractivity contribution is 7.89. The van der Waals surface area contributed by atoms with Crippen LogP contribution in [0.3, 0.4) is 0 Å². The van der Waals surface area contributed by atoms with Gasteiger partial charge < -0.3 is 14.4 Å². The number of sulfonamides is 1. The zero-order valence-electron chi connectivity index (χ0n) is 18.2. The summed E-state index contributed by atoms with van der Waals surface area (Å²) in [5.74, 6) is 0.762. The molecular formula is C24H23N3O5S. The molecule has 0 aliphatic carbocycles. The second-order valence-electron chi connectivity index (χ2n) is 7.75. The highest BCUT2D eigenvalue weighted by Crippen LogP contribution is 2.33. The molecule has 1 fully saturated rings. The van der Waals surface area contributed by atoms with Gasteiger partial charge in [-0.2, -0.15) is 9.98 Å². The third-order valence-corrected chi connectivity index (χ3v) is 7.12. The molecule has 1 aliphatic rings. The molecule has 8 nitrogen and oxygen atoms in total. The third kappa shape index (κ3) is 4.62. The number of hydrogen-bond donors (Lipinski definition) is 1. The SMILES string of the molecule is COc1cc2ccc(S(=O)(=O)N[C@H]3CCN(Cc4cccc(C#N)c4)C3=O)cc2cc1OC. The minimum absolute atomic E-state index is 0.0650. The molecule has 0 saturated carbocycles. The molecule has 1 heterocycles. The van der Waals surface area contributed by atoms with Crippen molar-refractivity contribution in [2.24, 2.45) is 0 Å². The van der Waals surface area contributed by atoms with Gasteiger partial charge in [-0.05, 0) is 59.2 Å². The Morgan fingerprint density at radius 1 is 1.06 bits per heavy atom. The summed E-state index contributed by atoms with van der Waals surface area (Å²) >= 11 is 0. The van der Waals surface area contributed by atoms with E-state index in [0.29, 0.717) is 42.0 Å². The van der Waals surface area contributed by atoms with Crippen LogP contribution in [0.25, 0.3) is 10.8 Å². The number of nitrogens with zero attached hydrogens (tertiary/aromatic N) is 2. The molecule has 170 valence electrons. The number of nitrogens with one attached hydrogen (secondary N) is 1. The van der Waals surface area contributed by atoms with Crippen LogP contribution >= 0.6 is 0 Å². The maximum Gasteiger partial charge on any atom is 0.241 e. The van der Waals surface area contributed by atoms with Crippen LogP contribution < -0.4 is 14.2 Å². The summed E-state index contributed by atoms with van der Waals surface area (Å²) < 4.78 is 39.2. The number of methoxy groups -OCH3 is 2. The van der Waals surface area contributed by atoms with Crippen LogP contribution in [-0.2, 0) is 21.4 Å². The van der Waals surface area contributed by atoms with Gasteiger partial charge in [0.15, 0.2) is 11.5 Å². The molecule has 1 saturated heterocycles. The van der Waals surface area contributed by atoms with Gasteiger partial charge >= 0.3 is 0 Å². The van der Waals surface area contributed by atoms with Gasteiger partial charge in [-0.15, -0.1) is 0 Å². The zero-order chi connectivity index (χ0) is 23.6. The van der Waals surface area contributed by atoms with Crippen LogP contribution in [0.1, 0.15) is 17.5 Å². The molecule has 9 heteroatoms. The maximum atomic E-state index is 13.0. The first-order valence-electron chi connectivity index (χ1n) is 10.3. The smallest absolute Gasteiger partial charge is 0.241 e. The lowest BCUT2D eigenvalue weighted by molar-refractivity contribution is -0.129. The van der Waals surface area contributed by atoms with E-state index in [4.69, 9.17) is 14.7 Å². The quantitative estimate of drug-likeness (QED) is 0.575. The predicted octanol–water partition coefficient (Wildman–Crippen LogP) is 2.81. The first-order valence-corrected chi connectivity index (χ1v) is 11.8.